The molecule has 0 unspecified atom stereocenters. The minimum absolute atomic E-state index is 0.0497. The normalized spacial score (nSPS) is 11.3. The van der Waals surface area contributed by atoms with E-state index in [4.69, 9.17) is 11.6 Å². The minimum atomic E-state index is -0.321. The number of hydrogen-bond donors (Lipinski definition) is 1. The Morgan fingerprint density at radius 2 is 1.96 bits per heavy atom. The van der Waals surface area contributed by atoms with Crippen LogP contribution in [0.15, 0.2) is 29.6 Å². The Bertz CT molecular complexity index is 783. The van der Waals surface area contributed by atoms with E-state index >= 15 is 0 Å². The van der Waals surface area contributed by atoms with Crippen molar-refractivity contribution in [2.24, 2.45) is 0 Å². The number of carbonyl (C=O) groups excluding carboxylic acids is 2. The van der Waals surface area contributed by atoms with E-state index in [2.05, 4.69) is 10.3 Å². The molecular weight excluding hydrogens is 370 g/mol. The molecule has 1 N–H and O–H groups in total. The fourth-order valence-electron chi connectivity index (χ4n) is 2.42. The van der Waals surface area contributed by atoms with Crippen LogP contribution in [0.3, 0.4) is 0 Å². The molecule has 0 aliphatic carbocycles. The molecule has 0 aliphatic heterocycles. The van der Waals surface area contributed by atoms with Gasteiger partial charge < -0.3 is 10.2 Å². The maximum absolute atomic E-state index is 12.5. The molecule has 0 spiro atoms. The van der Waals surface area contributed by atoms with Crippen LogP contribution in [0.5, 0.6) is 0 Å². The third-order valence-electron chi connectivity index (χ3n) is 3.57. The van der Waals surface area contributed by atoms with Gasteiger partial charge in [-0.15, -0.1) is 11.3 Å². The highest BCUT2D eigenvalue weighted by Crippen LogP contribution is 2.30. The molecule has 7 heteroatoms. The summed E-state index contributed by atoms with van der Waals surface area (Å²) < 4.78 is 0. The lowest BCUT2D eigenvalue weighted by molar-refractivity contribution is -0.135. The number of amides is 2. The number of nitrogens with zero attached hydrogens (tertiary/aromatic N) is 2. The number of likely N-dealkylation sites (N-methyl/N-ethyl adjacent to an activating group) is 1. The molecule has 140 valence electrons. The van der Waals surface area contributed by atoms with E-state index in [1.807, 2.05) is 57.3 Å². The van der Waals surface area contributed by atoms with Gasteiger partial charge in [-0.05, 0) is 33.8 Å². The lowest BCUT2D eigenvalue weighted by atomic mass is 10.1. The van der Waals surface area contributed by atoms with Gasteiger partial charge in [0.25, 0.3) is 0 Å². The maximum Gasteiger partial charge on any atom is 0.240 e. The van der Waals surface area contributed by atoms with Crippen molar-refractivity contribution in [3.63, 3.8) is 0 Å². The fourth-order valence-corrected chi connectivity index (χ4v) is 3.56. The average Bonchev–Trinajstić information content (AvgIpc) is 2.99. The standard InChI is InChI=1S/C19H24ClN3O2S/c1-5-23(11-16(24)22-19(2,3)4)17(25)10-13-12-26-18(21-13)14-8-6-7-9-15(14)20/h6-9,12H,5,10-11H2,1-4H3,(H,22,24). The van der Waals surface area contributed by atoms with Crippen LogP contribution < -0.4 is 5.32 Å². The molecule has 2 aromatic rings. The number of halogens is 1. The Labute approximate surface area is 163 Å². The first-order valence-corrected chi connectivity index (χ1v) is 9.73. The molecule has 1 aromatic carbocycles. The second kappa shape index (κ2) is 8.64. The lowest BCUT2D eigenvalue weighted by Crippen LogP contribution is -2.47. The summed E-state index contributed by atoms with van der Waals surface area (Å²) in [6, 6.07) is 7.49. The summed E-state index contributed by atoms with van der Waals surface area (Å²) in [6.07, 6.45) is 0.164. The summed E-state index contributed by atoms with van der Waals surface area (Å²) in [5.41, 5.74) is 1.22. The van der Waals surface area contributed by atoms with Gasteiger partial charge in [0.15, 0.2) is 0 Å². The number of nitrogens with one attached hydrogen (secondary N) is 1. The number of benzene rings is 1. The third kappa shape index (κ3) is 5.81. The van der Waals surface area contributed by atoms with Crippen molar-refractivity contribution in [2.45, 2.75) is 39.7 Å². The SMILES string of the molecule is CCN(CC(=O)NC(C)(C)C)C(=O)Cc1csc(-c2ccccc2Cl)n1. The van der Waals surface area contributed by atoms with Gasteiger partial charge in [0.2, 0.25) is 11.8 Å². The van der Waals surface area contributed by atoms with Crippen LogP contribution in [-0.2, 0) is 16.0 Å². The molecule has 0 aliphatic rings. The van der Waals surface area contributed by atoms with Crippen molar-refractivity contribution in [2.75, 3.05) is 13.1 Å². The van der Waals surface area contributed by atoms with Crippen molar-refractivity contribution in [3.05, 3.63) is 40.4 Å². The summed E-state index contributed by atoms with van der Waals surface area (Å²) in [5, 5.41) is 6.15. The summed E-state index contributed by atoms with van der Waals surface area (Å²) in [5.74, 6) is -0.282. The first kappa shape index (κ1) is 20.4. The highest BCUT2D eigenvalue weighted by molar-refractivity contribution is 7.13. The molecule has 5 nitrogen and oxygen atoms in total. The quantitative estimate of drug-likeness (QED) is 0.812. The van der Waals surface area contributed by atoms with Gasteiger partial charge in [0, 0.05) is 23.0 Å². The Kier molecular flexibility index (Phi) is 6.78. The molecule has 26 heavy (non-hydrogen) atoms. The molecular formula is C19H24ClN3O2S. The number of carbonyl (C=O) groups is 2. The summed E-state index contributed by atoms with van der Waals surface area (Å²) >= 11 is 7.66. The van der Waals surface area contributed by atoms with E-state index in [1.54, 1.807) is 0 Å². The zero-order valence-electron chi connectivity index (χ0n) is 15.5. The Morgan fingerprint density at radius 3 is 2.58 bits per heavy atom. The van der Waals surface area contributed by atoms with Gasteiger partial charge in [-0.25, -0.2) is 4.98 Å². The van der Waals surface area contributed by atoms with E-state index in [0.29, 0.717) is 17.3 Å². The molecule has 0 saturated carbocycles. The summed E-state index contributed by atoms with van der Waals surface area (Å²) in [6.45, 7) is 8.11. The molecule has 0 fully saturated rings. The maximum atomic E-state index is 12.5. The minimum Gasteiger partial charge on any atom is -0.350 e. The molecule has 2 rings (SSSR count). The molecule has 2 amide bonds. The van der Waals surface area contributed by atoms with Crippen molar-refractivity contribution < 1.29 is 9.59 Å². The highest BCUT2D eigenvalue weighted by atomic mass is 35.5. The van der Waals surface area contributed by atoms with E-state index in [-0.39, 0.29) is 30.3 Å². The third-order valence-corrected chi connectivity index (χ3v) is 4.83. The van der Waals surface area contributed by atoms with E-state index in [1.165, 1.54) is 16.2 Å². The molecule has 0 bridgehead atoms. The fraction of sp³-hybridized carbons (Fsp3) is 0.421. The van der Waals surface area contributed by atoms with E-state index in [0.717, 1.165) is 10.6 Å². The van der Waals surface area contributed by atoms with Gasteiger partial charge in [-0.3, -0.25) is 9.59 Å². The number of thiazole rings is 1. The molecule has 1 aromatic heterocycles. The van der Waals surface area contributed by atoms with Crippen molar-refractivity contribution in [3.8, 4) is 10.6 Å². The van der Waals surface area contributed by atoms with Crippen LogP contribution in [0, 0.1) is 0 Å². The first-order valence-electron chi connectivity index (χ1n) is 8.47. The second-order valence-corrected chi connectivity index (χ2v) is 8.27. The largest absolute Gasteiger partial charge is 0.350 e. The molecule has 1 heterocycles. The van der Waals surface area contributed by atoms with Crippen LogP contribution in [0.4, 0.5) is 0 Å². The van der Waals surface area contributed by atoms with Crippen LogP contribution in [-0.4, -0.2) is 40.3 Å². The Hall–Kier alpha value is -1.92. The smallest absolute Gasteiger partial charge is 0.240 e. The zero-order valence-corrected chi connectivity index (χ0v) is 17.1. The lowest BCUT2D eigenvalue weighted by Gasteiger charge is -2.25. The average molecular weight is 394 g/mol. The van der Waals surface area contributed by atoms with Crippen molar-refractivity contribution in [1.29, 1.82) is 0 Å². The summed E-state index contributed by atoms with van der Waals surface area (Å²) in [4.78, 5) is 30.7. The zero-order chi connectivity index (χ0) is 19.3. The van der Waals surface area contributed by atoms with Gasteiger partial charge in [0.05, 0.1) is 23.7 Å². The van der Waals surface area contributed by atoms with Gasteiger partial charge in [0.1, 0.15) is 5.01 Å². The Balaban J connectivity index is 2.02. The van der Waals surface area contributed by atoms with Gasteiger partial charge in [-0.1, -0.05) is 29.8 Å². The first-order chi connectivity index (χ1) is 12.2. The number of hydrogen-bond acceptors (Lipinski definition) is 4. The number of rotatable bonds is 6. The Morgan fingerprint density at radius 1 is 1.27 bits per heavy atom. The van der Waals surface area contributed by atoms with Crippen LogP contribution >= 0.6 is 22.9 Å². The summed E-state index contributed by atoms with van der Waals surface area (Å²) in [7, 11) is 0. The van der Waals surface area contributed by atoms with E-state index < -0.39 is 0 Å². The van der Waals surface area contributed by atoms with Crippen LogP contribution in [0.2, 0.25) is 5.02 Å². The van der Waals surface area contributed by atoms with Crippen molar-refractivity contribution >= 4 is 34.8 Å². The topological polar surface area (TPSA) is 62.3 Å². The predicted octanol–water partition coefficient (Wildman–Crippen LogP) is 3.77. The monoisotopic (exact) mass is 393 g/mol. The highest BCUT2D eigenvalue weighted by Gasteiger charge is 2.20. The van der Waals surface area contributed by atoms with Gasteiger partial charge in [-0.2, -0.15) is 0 Å². The van der Waals surface area contributed by atoms with Gasteiger partial charge >= 0.3 is 0 Å². The van der Waals surface area contributed by atoms with Crippen LogP contribution in [0.25, 0.3) is 10.6 Å². The molecule has 0 radical (unpaired) electrons. The van der Waals surface area contributed by atoms with E-state index in [9.17, 15) is 9.59 Å². The number of aromatic nitrogens is 1. The molecule has 0 saturated heterocycles. The van der Waals surface area contributed by atoms with Crippen LogP contribution in [0.1, 0.15) is 33.4 Å². The predicted molar refractivity (Wildman–Crippen MR) is 106 cm³/mol. The second-order valence-electron chi connectivity index (χ2n) is 7.01. The van der Waals surface area contributed by atoms with Crippen molar-refractivity contribution in [1.82, 2.24) is 15.2 Å². The molecule has 0 atom stereocenters.